The van der Waals surface area contributed by atoms with Crippen LogP contribution in [0.25, 0.3) is 33.5 Å². The first-order valence-electron chi connectivity index (χ1n) is 9.91. The van der Waals surface area contributed by atoms with Crippen LogP contribution in [0.5, 0.6) is 11.5 Å². The van der Waals surface area contributed by atoms with E-state index in [1.807, 2.05) is 17.7 Å². The van der Waals surface area contributed by atoms with Gasteiger partial charge in [-0.1, -0.05) is 0 Å². The Balaban J connectivity index is 0.00000231. The van der Waals surface area contributed by atoms with Crippen LogP contribution in [0.3, 0.4) is 0 Å². The molecular weight excluding hydrogens is 416 g/mol. The molecule has 0 fully saturated rings. The van der Waals surface area contributed by atoms with Gasteiger partial charge < -0.3 is 15.2 Å². The second-order valence-corrected chi connectivity index (χ2v) is 7.41. The Labute approximate surface area is 185 Å². The van der Waals surface area contributed by atoms with E-state index in [9.17, 15) is 5.11 Å². The first-order valence-corrected chi connectivity index (χ1v) is 9.91. The second kappa shape index (κ2) is 8.49. The maximum atomic E-state index is 10.3. The van der Waals surface area contributed by atoms with Gasteiger partial charge in [0.25, 0.3) is 0 Å². The van der Waals surface area contributed by atoms with Gasteiger partial charge in [0, 0.05) is 36.3 Å². The third-order valence-electron chi connectivity index (χ3n) is 5.32. The van der Waals surface area contributed by atoms with E-state index in [-0.39, 0.29) is 18.2 Å². The van der Waals surface area contributed by atoms with Gasteiger partial charge in [-0.25, -0.2) is 4.98 Å². The summed E-state index contributed by atoms with van der Waals surface area (Å²) in [5, 5.41) is 19.3. The van der Waals surface area contributed by atoms with Crippen molar-refractivity contribution in [1.29, 1.82) is 0 Å². The van der Waals surface area contributed by atoms with E-state index in [0.29, 0.717) is 17.0 Å². The number of fused-ring (bicyclic) bond motifs is 2. The van der Waals surface area contributed by atoms with Crippen molar-refractivity contribution >= 4 is 23.3 Å². The molecule has 3 aromatic heterocycles. The number of hydrogen-bond donors (Lipinski definition) is 2. The Morgan fingerprint density at radius 3 is 2.71 bits per heavy atom. The summed E-state index contributed by atoms with van der Waals surface area (Å²) < 4.78 is 7.34. The lowest BCUT2D eigenvalue weighted by molar-refractivity contribution is 0.374. The first kappa shape index (κ1) is 21.0. The van der Waals surface area contributed by atoms with Crippen molar-refractivity contribution in [2.45, 2.75) is 26.4 Å². The third-order valence-corrected chi connectivity index (χ3v) is 5.32. The number of nitrogens with one attached hydrogen (secondary N) is 1. The molecular formula is C22H23ClN6O2. The topological polar surface area (TPSA) is 98.0 Å². The van der Waals surface area contributed by atoms with E-state index in [0.717, 1.165) is 59.8 Å². The lowest BCUT2D eigenvalue weighted by atomic mass is 10.0. The summed E-state index contributed by atoms with van der Waals surface area (Å²) in [6, 6.07) is 7.44. The van der Waals surface area contributed by atoms with E-state index in [1.54, 1.807) is 24.5 Å². The van der Waals surface area contributed by atoms with E-state index < -0.39 is 0 Å². The van der Waals surface area contributed by atoms with Crippen molar-refractivity contribution < 1.29 is 9.84 Å². The molecule has 0 spiro atoms. The van der Waals surface area contributed by atoms with Crippen molar-refractivity contribution in [2.24, 2.45) is 0 Å². The minimum Gasteiger partial charge on any atom is -0.504 e. The van der Waals surface area contributed by atoms with Gasteiger partial charge in [-0.05, 0) is 38.1 Å². The SMILES string of the molecule is COc1cc2nc(-c3cc4n(n3)CCCNC4)cc(-c3cnc(C)cn3)c2cc1O.Cl. The second-order valence-electron chi connectivity index (χ2n) is 7.41. The molecule has 0 aliphatic carbocycles. The van der Waals surface area contributed by atoms with Gasteiger partial charge in [0.15, 0.2) is 11.5 Å². The highest BCUT2D eigenvalue weighted by Crippen LogP contribution is 2.37. The lowest BCUT2D eigenvalue weighted by Crippen LogP contribution is -2.11. The highest BCUT2D eigenvalue weighted by atomic mass is 35.5. The molecule has 4 aromatic rings. The first-order chi connectivity index (χ1) is 14.6. The monoisotopic (exact) mass is 438 g/mol. The number of pyridine rings is 1. The predicted octanol–water partition coefficient (Wildman–Crippen LogP) is 3.49. The summed E-state index contributed by atoms with van der Waals surface area (Å²) in [5.41, 5.74) is 5.78. The highest BCUT2D eigenvalue weighted by molar-refractivity contribution is 5.97. The maximum Gasteiger partial charge on any atom is 0.162 e. The van der Waals surface area contributed by atoms with Crippen LogP contribution in [0.4, 0.5) is 0 Å². The van der Waals surface area contributed by atoms with Crippen molar-refractivity contribution in [2.75, 3.05) is 13.7 Å². The van der Waals surface area contributed by atoms with E-state index in [2.05, 4.69) is 21.4 Å². The molecule has 9 heteroatoms. The number of ether oxygens (including phenoxy) is 1. The van der Waals surface area contributed by atoms with Crippen LogP contribution in [-0.4, -0.2) is 43.5 Å². The fourth-order valence-corrected chi connectivity index (χ4v) is 3.77. The maximum absolute atomic E-state index is 10.3. The van der Waals surface area contributed by atoms with Gasteiger partial charge in [0.2, 0.25) is 0 Å². The molecule has 0 bridgehead atoms. The van der Waals surface area contributed by atoms with E-state index in [1.165, 1.54) is 7.11 Å². The average Bonchev–Trinajstić information content (AvgIpc) is 3.03. The quantitative estimate of drug-likeness (QED) is 0.505. The van der Waals surface area contributed by atoms with Crippen LogP contribution >= 0.6 is 12.4 Å². The Kier molecular flexibility index (Phi) is 5.75. The molecule has 160 valence electrons. The van der Waals surface area contributed by atoms with Gasteiger partial charge in [0.1, 0.15) is 5.69 Å². The molecule has 31 heavy (non-hydrogen) atoms. The fourth-order valence-electron chi connectivity index (χ4n) is 3.77. The Hall–Kier alpha value is -3.23. The Morgan fingerprint density at radius 2 is 1.94 bits per heavy atom. The fraction of sp³-hybridized carbons (Fsp3) is 0.273. The standard InChI is InChI=1S/C22H22N6O2.ClH/c1-13-10-25-20(12-24-13)15-7-18(19-6-14-11-23-4-3-5-28(14)27-19)26-17-9-22(30-2)21(29)8-16(15)17;/h6-10,12,23,29H,3-5,11H2,1-2H3;1H. The number of phenolic OH excluding ortho intramolecular Hbond substituents is 1. The molecule has 0 unspecified atom stereocenters. The van der Waals surface area contributed by atoms with Crippen molar-refractivity contribution in [3.05, 3.63) is 48.0 Å². The van der Waals surface area contributed by atoms with Gasteiger partial charge in [-0.15, -0.1) is 12.4 Å². The molecule has 1 aromatic carbocycles. The molecule has 5 rings (SSSR count). The molecule has 1 aliphatic heterocycles. The lowest BCUT2D eigenvalue weighted by Gasteiger charge is -2.11. The number of hydrogen-bond acceptors (Lipinski definition) is 7. The van der Waals surface area contributed by atoms with Crippen LogP contribution in [0, 0.1) is 6.92 Å². The van der Waals surface area contributed by atoms with Crippen LogP contribution in [0.1, 0.15) is 17.8 Å². The van der Waals surface area contributed by atoms with Crippen LogP contribution < -0.4 is 10.1 Å². The Morgan fingerprint density at radius 1 is 1.06 bits per heavy atom. The zero-order valence-corrected chi connectivity index (χ0v) is 18.1. The molecule has 0 saturated carbocycles. The van der Waals surface area contributed by atoms with E-state index in [4.69, 9.17) is 14.8 Å². The average molecular weight is 439 g/mol. The van der Waals surface area contributed by atoms with Crippen LogP contribution in [0.2, 0.25) is 0 Å². The number of halogens is 1. The van der Waals surface area contributed by atoms with Crippen molar-refractivity contribution in [1.82, 2.24) is 30.0 Å². The molecule has 0 atom stereocenters. The molecule has 1 aliphatic rings. The predicted molar refractivity (Wildman–Crippen MR) is 121 cm³/mol. The number of benzene rings is 1. The zero-order chi connectivity index (χ0) is 20.7. The van der Waals surface area contributed by atoms with Gasteiger partial charge in [0.05, 0.1) is 41.6 Å². The highest BCUT2D eigenvalue weighted by Gasteiger charge is 2.17. The summed E-state index contributed by atoms with van der Waals surface area (Å²) >= 11 is 0. The zero-order valence-electron chi connectivity index (χ0n) is 17.3. The van der Waals surface area contributed by atoms with Crippen molar-refractivity contribution in [3.63, 3.8) is 0 Å². The number of aryl methyl sites for hydroxylation is 2. The van der Waals surface area contributed by atoms with Crippen molar-refractivity contribution in [3.8, 4) is 34.1 Å². The number of aromatic nitrogens is 5. The molecule has 0 saturated heterocycles. The third kappa shape index (κ3) is 3.92. The smallest absolute Gasteiger partial charge is 0.162 e. The molecule has 8 nitrogen and oxygen atoms in total. The molecule has 4 heterocycles. The Bertz CT molecular complexity index is 1220. The summed E-state index contributed by atoms with van der Waals surface area (Å²) in [7, 11) is 1.52. The number of methoxy groups -OCH3 is 1. The van der Waals surface area contributed by atoms with Crippen LogP contribution in [0.15, 0.2) is 36.7 Å². The minimum absolute atomic E-state index is 0. The number of rotatable bonds is 3. The van der Waals surface area contributed by atoms with Gasteiger partial charge >= 0.3 is 0 Å². The number of aromatic hydroxyl groups is 1. The number of nitrogens with zero attached hydrogens (tertiary/aromatic N) is 5. The molecule has 0 radical (unpaired) electrons. The van der Waals surface area contributed by atoms with Crippen LogP contribution in [-0.2, 0) is 13.1 Å². The molecule has 2 N–H and O–H groups in total. The summed E-state index contributed by atoms with van der Waals surface area (Å²) in [4.78, 5) is 13.8. The minimum atomic E-state index is 0. The number of phenols is 1. The summed E-state index contributed by atoms with van der Waals surface area (Å²) in [6.45, 7) is 4.56. The largest absolute Gasteiger partial charge is 0.504 e. The normalized spacial score (nSPS) is 13.4. The summed E-state index contributed by atoms with van der Waals surface area (Å²) in [6.07, 6.45) is 4.51. The molecule has 0 amide bonds. The van der Waals surface area contributed by atoms with Gasteiger partial charge in [-0.2, -0.15) is 5.10 Å². The summed E-state index contributed by atoms with van der Waals surface area (Å²) in [5.74, 6) is 0.429. The van der Waals surface area contributed by atoms with Gasteiger partial charge in [-0.3, -0.25) is 14.6 Å². The van der Waals surface area contributed by atoms with E-state index >= 15 is 0 Å².